The third-order valence-corrected chi connectivity index (χ3v) is 5.96. The van der Waals surface area contributed by atoms with Crippen LogP contribution in [0.2, 0.25) is 5.02 Å². The summed E-state index contributed by atoms with van der Waals surface area (Å²) in [5, 5.41) is 6.43. The van der Waals surface area contributed by atoms with E-state index in [4.69, 9.17) is 25.8 Å². The van der Waals surface area contributed by atoms with Gasteiger partial charge < -0.3 is 24.8 Å². The molecule has 0 radical (unpaired) electrons. The van der Waals surface area contributed by atoms with Crippen molar-refractivity contribution in [3.05, 3.63) is 83.0 Å². The Morgan fingerprint density at radius 3 is 2.53 bits per heavy atom. The maximum atomic E-state index is 13.2. The van der Waals surface area contributed by atoms with E-state index in [1.54, 1.807) is 66.7 Å². The van der Waals surface area contributed by atoms with Crippen molar-refractivity contribution in [2.75, 3.05) is 24.1 Å². The summed E-state index contributed by atoms with van der Waals surface area (Å²) < 4.78 is 17.3. The number of fused-ring (bicyclic) bond motifs is 2. The summed E-state index contributed by atoms with van der Waals surface area (Å²) in [6, 6.07) is 18.6. The van der Waals surface area contributed by atoms with Crippen LogP contribution in [0.4, 0.5) is 5.69 Å². The zero-order valence-electron chi connectivity index (χ0n) is 20.2. The molecule has 4 aromatic rings. The quantitative estimate of drug-likeness (QED) is 0.308. The molecule has 0 bridgehead atoms. The number of nitrogens with one attached hydrogen (secondary N) is 3. The molecule has 0 saturated carbocycles. The fraction of sp³-hybridized carbons (Fsp3) is 0.148. The molecule has 11 heteroatoms. The lowest BCUT2D eigenvalue weighted by Crippen LogP contribution is -2.39. The Labute approximate surface area is 222 Å². The van der Waals surface area contributed by atoms with Crippen LogP contribution in [-0.4, -0.2) is 35.8 Å². The Kier molecular flexibility index (Phi) is 7.05. The minimum Gasteiger partial charge on any atom is -0.494 e. The van der Waals surface area contributed by atoms with Gasteiger partial charge in [-0.2, -0.15) is 0 Å². The average molecular weight is 535 g/mol. The summed E-state index contributed by atoms with van der Waals surface area (Å²) in [5.41, 5.74) is 4.37. The standard InChI is InChI=1S/C27H23ClN4O6/c1-2-36-20-7-5-19(6-8-20)30-25(33)22-13-17-12-18(28)4-9-21(17)32(22)31-27(35)26(34)29-14-16-3-10-23-24(11-16)38-15-37-23/h3-13H,2,14-15H2,1H3,(H,29,34)(H,30,33)(H,31,35). The Bertz CT molecular complexity index is 1530. The maximum Gasteiger partial charge on any atom is 0.328 e. The SMILES string of the molecule is CCOc1ccc(NC(=O)c2cc3cc(Cl)ccc3n2NC(=O)C(=O)NCc2ccc3c(c2)OCO3)cc1. The number of hydrogen-bond donors (Lipinski definition) is 3. The van der Waals surface area contributed by atoms with Crippen LogP contribution in [0, 0.1) is 0 Å². The first kappa shape index (κ1) is 25.0. The van der Waals surface area contributed by atoms with E-state index in [1.165, 1.54) is 4.68 Å². The van der Waals surface area contributed by atoms with Gasteiger partial charge in [-0.05, 0) is 73.2 Å². The zero-order chi connectivity index (χ0) is 26.6. The summed E-state index contributed by atoms with van der Waals surface area (Å²) >= 11 is 6.13. The Morgan fingerprint density at radius 1 is 0.947 bits per heavy atom. The molecule has 0 unspecified atom stereocenters. The van der Waals surface area contributed by atoms with E-state index in [-0.39, 0.29) is 19.0 Å². The van der Waals surface area contributed by atoms with Crippen LogP contribution >= 0.6 is 11.6 Å². The highest BCUT2D eigenvalue weighted by Gasteiger charge is 2.21. The summed E-state index contributed by atoms with van der Waals surface area (Å²) in [7, 11) is 0. The van der Waals surface area contributed by atoms with Gasteiger partial charge in [-0.25, -0.2) is 4.68 Å². The van der Waals surface area contributed by atoms with Crippen LogP contribution in [0.15, 0.2) is 66.7 Å². The third-order valence-electron chi connectivity index (χ3n) is 5.73. The molecule has 194 valence electrons. The normalized spacial score (nSPS) is 11.7. The van der Waals surface area contributed by atoms with Gasteiger partial charge in [-0.1, -0.05) is 17.7 Å². The van der Waals surface area contributed by atoms with Crippen LogP contribution in [0.5, 0.6) is 17.2 Å². The van der Waals surface area contributed by atoms with Crippen LogP contribution in [0.25, 0.3) is 10.9 Å². The molecule has 3 N–H and O–H groups in total. The number of carbonyl (C=O) groups is 3. The molecule has 2 heterocycles. The van der Waals surface area contributed by atoms with E-state index in [9.17, 15) is 14.4 Å². The maximum absolute atomic E-state index is 13.2. The largest absolute Gasteiger partial charge is 0.494 e. The van der Waals surface area contributed by atoms with Crippen molar-refractivity contribution in [2.45, 2.75) is 13.5 Å². The van der Waals surface area contributed by atoms with Gasteiger partial charge in [0.25, 0.3) is 5.91 Å². The molecule has 1 aliphatic rings. The number of halogens is 1. The van der Waals surface area contributed by atoms with E-state index >= 15 is 0 Å². The van der Waals surface area contributed by atoms with Crippen LogP contribution in [0.1, 0.15) is 23.0 Å². The topological polar surface area (TPSA) is 120 Å². The van der Waals surface area contributed by atoms with Crippen LogP contribution in [0.3, 0.4) is 0 Å². The molecule has 0 fully saturated rings. The van der Waals surface area contributed by atoms with Gasteiger partial charge in [0.05, 0.1) is 12.1 Å². The van der Waals surface area contributed by atoms with Gasteiger partial charge in [-0.15, -0.1) is 0 Å². The molecule has 0 aliphatic carbocycles. The van der Waals surface area contributed by atoms with Crippen molar-refractivity contribution in [2.24, 2.45) is 0 Å². The molecule has 1 aliphatic heterocycles. The van der Waals surface area contributed by atoms with E-state index < -0.39 is 17.7 Å². The molecule has 10 nitrogen and oxygen atoms in total. The van der Waals surface area contributed by atoms with E-state index in [1.807, 2.05) is 6.92 Å². The van der Waals surface area contributed by atoms with Crippen molar-refractivity contribution in [1.82, 2.24) is 9.99 Å². The molecule has 0 spiro atoms. The minimum atomic E-state index is -0.951. The van der Waals surface area contributed by atoms with Gasteiger partial charge in [0.1, 0.15) is 11.4 Å². The number of hydrogen-bond acceptors (Lipinski definition) is 6. The van der Waals surface area contributed by atoms with Crippen LogP contribution < -0.4 is 30.3 Å². The number of nitrogens with zero attached hydrogens (tertiary/aromatic N) is 1. The molecular weight excluding hydrogens is 512 g/mol. The summed E-state index contributed by atoms with van der Waals surface area (Å²) in [4.78, 5) is 38.6. The first-order chi connectivity index (χ1) is 18.4. The van der Waals surface area contributed by atoms with Crippen LogP contribution in [-0.2, 0) is 16.1 Å². The number of rotatable bonds is 7. The molecular formula is C27H23ClN4O6. The molecule has 3 aromatic carbocycles. The van der Waals surface area contributed by atoms with Crippen molar-refractivity contribution < 1.29 is 28.6 Å². The van der Waals surface area contributed by atoms with Gasteiger partial charge in [0.15, 0.2) is 11.5 Å². The highest BCUT2D eigenvalue weighted by atomic mass is 35.5. The van der Waals surface area contributed by atoms with Gasteiger partial charge in [-0.3, -0.25) is 19.8 Å². The zero-order valence-corrected chi connectivity index (χ0v) is 21.0. The second kappa shape index (κ2) is 10.7. The fourth-order valence-corrected chi connectivity index (χ4v) is 4.12. The van der Waals surface area contributed by atoms with Crippen molar-refractivity contribution >= 4 is 45.9 Å². The van der Waals surface area contributed by atoms with Crippen molar-refractivity contribution in [3.63, 3.8) is 0 Å². The second-order valence-corrected chi connectivity index (χ2v) is 8.73. The summed E-state index contributed by atoms with van der Waals surface area (Å²) in [5.74, 6) is -0.462. The van der Waals surface area contributed by atoms with E-state index in [0.29, 0.717) is 45.5 Å². The molecule has 0 saturated heterocycles. The first-order valence-corrected chi connectivity index (χ1v) is 12.1. The summed E-state index contributed by atoms with van der Waals surface area (Å²) in [6.07, 6.45) is 0. The van der Waals surface area contributed by atoms with E-state index in [0.717, 1.165) is 5.56 Å². The van der Waals surface area contributed by atoms with Gasteiger partial charge in [0.2, 0.25) is 6.79 Å². The lowest BCUT2D eigenvalue weighted by atomic mass is 10.2. The Balaban J connectivity index is 1.32. The number of benzene rings is 3. The average Bonchev–Trinajstić information content (AvgIpc) is 3.52. The summed E-state index contributed by atoms with van der Waals surface area (Å²) in [6.45, 7) is 2.64. The van der Waals surface area contributed by atoms with Gasteiger partial charge in [0, 0.05) is 22.6 Å². The highest BCUT2D eigenvalue weighted by Crippen LogP contribution is 2.32. The smallest absolute Gasteiger partial charge is 0.328 e. The first-order valence-electron chi connectivity index (χ1n) is 11.7. The third kappa shape index (κ3) is 5.35. The number of anilines is 1. The second-order valence-electron chi connectivity index (χ2n) is 8.29. The number of carbonyl (C=O) groups excluding carboxylic acids is 3. The fourth-order valence-electron chi connectivity index (χ4n) is 3.94. The monoisotopic (exact) mass is 534 g/mol. The molecule has 3 amide bonds. The van der Waals surface area contributed by atoms with E-state index in [2.05, 4.69) is 16.1 Å². The number of amides is 3. The molecule has 38 heavy (non-hydrogen) atoms. The Morgan fingerprint density at radius 2 is 1.74 bits per heavy atom. The molecule has 5 rings (SSSR count). The predicted octanol–water partition coefficient (Wildman–Crippen LogP) is 4.06. The lowest BCUT2D eigenvalue weighted by molar-refractivity contribution is -0.136. The molecule has 0 atom stereocenters. The number of ether oxygens (including phenoxy) is 3. The Hall–Kier alpha value is -4.70. The number of aromatic nitrogens is 1. The predicted molar refractivity (Wildman–Crippen MR) is 141 cm³/mol. The minimum absolute atomic E-state index is 0.0933. The van der Waals surface area contributed by atoms with Crippen molar-refractivity contribution in [1.29, 1.82) is 0 Å². The lowest BCUT2D eigenvalue weighted by Gasteiger charge is -2.13. The van der Waals surface area contributed by atoms with Crippen molar-refractivity contribution in [3.8, 4) is 17.2 Å². The highest BCUT2D eigenvalue weighted by molar-refractivity contribution is 6.38. The molecule has 1 aromatic heterocycles. The van der Waals surface area contributed by atoms with Gasteiger partial charge >= 0.3 is 11.8 Å².